The van der Waals surface area contributed by atoms with Gasteiger partial charge >= 0.3 is 5.69 Å². The molecular weight excluding hydrogens is 542 g/mol. The number of benzene rings is 4. The molecular formula is C35H33N3O5. The normalized spacial score (nSPS) is 20.2. The fourth-order valence-electron chi connectivity index (χ4n) is 5.80. The summed E-state index contributed by atoms with van der Waals surface area (Å²) in [6, 6.07) is 40.5. The Morgan fingerprint density at radius 2 is 1.28 bits per heavy atom. The van der Waals surface area contributed by atoms with Crippen LogP contribution in [0, 0.1) is 0 Å². The maximum atomic E-state index is 12.7. The van der Waals surface area contributed by atoms with E-state index in [1.807, 2.05) is 121 Å². The van der Waals surface area contributed by atoms with E-state index < -0.39 is 41.3 Å². The van der Waals surface area contributed by atoms with Crippen molar-refractivity contribution < 1.29 is 14.6 Å². The SMILES string of the molecule is O=c1ccn([C@@H]2O[C@H](COC(c3ccccc3)(c3ccccc3)c3ccccc3)[C@@H](NCc3ccccc3)[C@@H]2O)c(=O)[nH]1. The topological polar surface area (TPSA) is 106 Å². The molecule has 6 rings (SSSR count). The second kappa shape index (κ2) is 12.7. The van der Waals surface area contributed by atoms with Gasteiger partial charge in [0.1, 0.15) is 17.8 Å². The van der Waals surface area contributed by atoms with Gasteiger partial charge in [0, 0.05) is 18.8 Å². The summed E-state index contributed by atoms with van der Waals surface area (Å²) in [4.78, 5) is 26.7. The molecule has 3 N–H and O–H groups in total. The summed E-state index contributed by atoms with van der Waals surface area (Å²) in [5.74, 6) is 0. The van der Waals surface area contributed by atoms with Crippen LogP contribution >= 0.6 is 0 Å². The van der Waals surface area contributed by atoms with Crippen LogP contribution in [0.15, 0.2) is 143 Å². The zero-order valence-corrected chi connectivity index (χ0v) is 23.5. The van der Waals surface area contributed by atoms with Crippen LogP contribution in [0.25, 0.3) is 0 Å². The van der Waals surface area contributed by atoms with Crippen LogP contribution in [0.3, 0.4) is 0 Å². The molecule has 5 aromatic rings. The predicted octanol–water partition coefficient (Wildman–Crippen LogP) is 3.96. The predicted molar refractivity (Wildman–Crippen MR) is 163 cm³/mol. The summed E-state index contributed by atoms with van der Waals surface area (Å²) in [5.41, 5.74) is 1.67. The third kappa shape index (κ3) is 5.86. The maximum Gasteiger partial charge on any atom is 0.330 e. The molecule has 2 heterocycles. The average molecular weight is 576 g/mol. The molecule has 1 aromatic heterocycles. The number of ether oxygens (including phenoxy) is 2. The minimum absolute atomic E-state index is 0.0802. The lowest BCUT2D eigenvalue weighted by molar-refractivity contribution is -0.0890. The van der Waals surface area contributed by atoms with Gasteiger partial charge in [0.25, 0.3) is 5.56 Å². The van der Waals surface area contributed by atoms with Crippen molar-refractivity contribution in [1.82, 2.24) is 14.9 Å². The van der Waals surface area contributed by atoms with Crippen molar-refractivity contribution in [3.63, 3.8) is 0 Å². The Kier molecular flexibility index (Phi) is 8.44. The van der Waals surface area contributed by atoms with Crippen molar-refractivity contribution in [3.05, 3.63) is 177 Å². The number of H-pyrrole nitrogens is 1. The first-order chi connectivity index (χ1) is 21.1. The number of hydrogen-bond donors (Lipinski definition) is 3. The minimum Gasteiger partial charge on any atom is -0.387 e. The second-order valence-corrected chi connectivity index (χ2v) is 10.6. The summed E-state index contributed by atoms with van der Waals surface area (Å²) < 4.78 is 14.6. The van der Waals surface area contributed by atoms with Crippen LogP contribution < -0.4 is 16.6 Å². The number of aliphatic hydroxyl groups excluding tert-OH is 1. The van der Waals surface area contributed by atoms with Crippen LogP contribution in [-0.4, -0.2) is 39.5 Å². The first-order valence-electron chi connectivity index (χ1n) is 14.3. The van der Waals surface area contributed by atoms with E-state index in [4.69, 9.17) is 9.47 Å². The van der Waals surface area contributed by atoms with Gasteiger partial charge in [-0.25, -0.2) is 4.79 Å². The fraction of sp³-hybridized carbons (Fsp3) is 0.200. The molecule has 0 saturated carbocycles. The summed E-state index contributed by atoms with van der Waals surface area (Å²) in [7, 11) is 0. The van der Waals surface area contributed by atoms with Crippen LogP contribution in [0.5, 0.6) is 0 Å². The van der Waals surface area contributed by atoms with Crippen molar-refractivity contribution in [2.24, 2.45) is 0 Å². The highest BCUT2D eigenvalue weighted by molar-refractivity contribution is 5.47. The number of hydrogen-bond acceptors (Lipinski definition) is 6. The van der Waals surface area contributed by atoms with Crippen LogP contribution in [0.4, 0.5) is 0 Å². The number of aromatic amines is 1. The largest absolute Gasteiger partial charge is 0.387 e. The molecule has 0 aliphatic carbocycles. The Balaban J connectivity index is 1.38. The maximum absolute atomic E-state index is 12.7. The molecule has 1 fully saturated rings. The Morgan fingerprint density at radius 1 is 0.767 bits per heavy atom. The summed E-state index contributed by atoms with van der Waals surface area (Å²) in [6.07, 6.45) is -1.46. The van der Waals surface area contributed by atoms with Crippen molar-refractivity contribution in [3.8, 4) is 0 Å². The average Bonchev–Trinajstić information content (AvgIpc) is 3.36. The van der Waals surface area contributed by atoms with E-state index in [1.54, 1.807) is 0 Å². The summed E-state index contributed by atoms with van der Waals surface area (Å²) >= 11 is 0. The molecule has 218 valence electrons. The molecule has 0 amide bonds. The first-order valence-corrected chi connectivity index (χ1v) is 14.3. The zero-order chi connectivity index (χ0) is 29.6. The Labute approximate surface area is 249 Å². The highest BCUT2D eigenvalue weighted by atomic mass is 16.6. The molecule has 1 saturated heterocycles. The molecule has 0 unspecified atom stereocenters. The van der Waals surface area contributed by atoms with E-state index in [0.717, 1.165) is 22.3 Å². The first kappa shape index (κ1) is 28.5. The van der Waals surface area contributed by atoms with Crippen LogP contribution in [0.1, 0.15) is 28.5 Å². The lowest BCUT2D eigenvalue weighted by atomic mass is 9.80. The van der Waals surface area contributed by atoms with Gasteiger partial charge in [0.2, 0.25) is 0 Å². The Bertz CT molecular complexity index is 1630. The standard InChI is InChI=1S/C35H33N3O5/c39-30-21-22-38(34(41)37-30)33-32(40)31(36-23-25-13-5-1-6-14-25)29(43-33)24-42-35(26-15-7-2-8-16-26,27-17-9-3-10-18-27)28-19-11-4-12-20-28/h1-22,29,31-33,36,40H,23-24H2,(H,37,39,41)/t29-,31-,32+,33-/m1/s1. The van der Waals surface area contributed by atoms with E-state index in [2.05, 4.69) is 10.3 Å². The van der Waals surface area contributed by atoms with Gasteiger partial charge in [0.05, 0.1) is 12.6 Å². The van der Waals surface area contributed by atoms with Gasteiger partial charge in [-0.2, -0.15) is 0 Å². The number of nitrogens with one attached hydrogen (secondary N) is 2. The third-order valence-corrected chi connectivity index (χ3v) is 7.89. The van der Waals surface area contributed by atoms with Crippen LogP contribution in [-0.2, 0) is 21.6 Å². The van der Waals surface area contributed by atoms with E-state index in [-0.39, 0.29) is 6.61 Å². The quantitative estimate of drug-likeness (QED) is 0.218. The zero-order valence-electron chi connectivity index (χ0n) is 23.5. The molecule has 0 spiro atoms. The smallest absolute Gasteiger partial charge is 0.330 e. The number of aromatic nitrogens is 2. The highest BCUT2D eigenvalue weighted by Crippen LogP contribution is 2.41. The van der Waals surface area contributed by atoms with Crippen molar-refractivity contribution in [1.29, 1.82) is 0 Å². The second-order valence-electron chi connectivity index (χ2n) is 10.6. The van der Waals surface area contributed by atoms with Crippen molar-refractivity contribution in [2.75, 3.05) is 6.61 Å². The molecule has 1 aliphatic heterocycles. The van der Waals surface area contributed by atoms with Gasteiger partial charge in [-0.05, 0) is 22.3 Å². The number of rotatable bonds is 10. The van der Waals surface area contributed by atoms with Gasteiger partial charge in [-0.1, -0.05) is 121 Å². The lowest BCUT2D eigenvalue weighted by Crippen LogP contribution is -2.47. The highest BCUT2D eigenvalue weighted by Gasteiger charge is 2.47. The van der Waals surface area contributed by atoms with Gasteiger partial charge < -0.3 is 19.9 Å². The summed E-state index contributed by atoms with van der Waals surface area (Å²) in [5, 5.41) is 15.0. The van der Waals surface area contributed by atoms with Crippen molar-refractivity contribution in [2.45, 2.75) is 36.6 Å². The third-order valence-electron chi connectivity index (χ3n) is 7.89. The van der Waals surface area contributed by atoms with Crippen LogP contribution in [0.2, 0.25) is 0 Å². The van der Waals surface area contributed by atoms with E-state index >= 15 is 0 Å². The molecule has 0 bridgehead atoms. The van der Waals surface area contributed by atoms with Gasteiger partial charge in [0.15, 0.2) is 6.23 Å². The fourth-order valence-corrected chi connectivity index (χ4v) is 5.80. The monoisotopic (exact) mass is 575 g/mol. The van der Waals surface area contributed by atoms with Crippen molar-refractivity contribution >= 4 is 0 Å². The molecule has 8 nitrogen and oxygen atoms in total. The number of aliphatic hydroxyl groups is 1. The molecule has 1 aliphatic rings. The molecule has 43 heavy (non-hydrogen) atoms. The van der Waals surface area contributed by atoms with Gasteiger partial charge in [-0.15, -0.1) is 0 Å². The molecule has 4 atom stereocenters. The molecule has 8 heteroatoms. The molecule has 4 aromatic carbocycles. The number of nitrogens with zero attached hydrogens (tertiary/aromatic N) is 1. The van der Waals surface area contributed by atoms with E-state index in [0.29, 0.717) is 6.54 Å². The molecule has 0 radical (unpaired) electrons. The minimum atomic E-state index is -1.11. The Hall–Kier alpha value is -4.60. The summed E-state index contributed by atoms with van der Waals surface area (Å²) in [6.45, 7) is 0.549. The lowest BCUT2D eigenvalue weighted by Gasteiger charge is -2.37. The van der Waals surface area contributed by atoms with E-state index in [9.17, 15) is 14.7 Å². The van der Waals surface area contributed by atoms with Gasteiger partial charge in [-0.3, -0.25) is 14.3 Å². The Morgan fingerprint density at radius 3 is 1.79 bits per heavy atom. The van der Waals surface area contributed by atoms with E-state index in [1.165, 1.54) is 16.8 Å².